The van der Waals surface area contributed by atoms with Crippen LogP contribution in [0.25, 0.3) is 0 Å². The Bertz CT molecular complexity index is 352. The maximum absolute atomic E-state index is 10.3. The molecule has 5 nitrogen and oxygen atoms in total. The average molecular weight is 270 g/mol. The topological polar surface area (TPSA) is 57.2 Å². The highest BCUT2D eigenvalue weighted by Gasteiger charge is 2.22. The Kier molecular flexibility index (Phi) is 6.62. The summed E-state index contributed by atoms with van der Waals surface area (Å²) >= 11 is 0. The molecule has 0 saturated carbocycles. The highest BCUT2D eigenvalue weighted by atomic mass is 16.7. The minimum absolute atomic E-state index is 0.461. The lowest BCUT2D eigenvalue weighted by Crippen LogP contribution is -2.25. The lowest BCUT2D eigenvalue weighted by molar-refractivity contribution is -0.191. The molecule has 0 amide bonds. The van der Waals surface area contributed by atoms with Crippen LogP contribution in [0.3, 0.4) is 0 Å². The summed E-state index contributed by atoms with van der Waals surface area (Å²) in [4.78, 5) is 0. The van der Waals surface area contributed by atoms with Crippen LogP contribution in [0.5, 0.6) is 11.5 Å². The second kappa shape index (κ2) is 7.99. The van der Waals surface area contributed by atoms with E-state index in [9.17, 15) is 5.11 Å². The molecular weight excluding hydrogens is 248 g/mol. The number of rotatable bonds is 8. The van der Waals surface area contributed by atoms with Crippen molar-refractivity contribution in [3.8, 4) is 11.5 Å². The molecule has 0 fully saturated rings. The number of hydrogen-bond donors (Lipinski definition) is 1. The van der Waals surface area contributed by atoms with E-state index in [1.807, 2.05) is 13.8 Å². The predicted octanol–water partition coefficient (Wildman–Crippen LogP) is 2.14. The predicted molar refractivity (Wildman–Crippen MR) is 71.5 cm³/mol. The first-order valence-corrected chi connectivity index (χ1v) is 6.30. The number of hydrogen-bond acceptors (Lipinski definition) is 5. The minimum atomic E-state index is -0.899. The van der Waals surface area contributed by atoms with Gasteiger partial charge in [0.1, 0.15) is 17.6 Å². The molecule has 0 aliphatic rings. The fourth-order valence-electron chi connectivity index (χ4n) is 1.72. The first kappa shape index (κ1) is 15.8. The van der Waals surface area contributed by atoms with Crippen molar-refractivity contribution in [2.75, 3.05) is 27.4 Å². The van der Waals surface area contributed by atoms with Gasteiger partial charge in [-0.2, -0.15) is 0 Å². The molecule has 0 heterocycles. The van der Waals surface area contributed by atoms with Gasteiger partial charge in [-0.1, -0.05) is 0 Å². The van der Waals surface area contributed by atoms with Gasteiger partial charge in [0, 0.05) is 19.3 Å². The third-order valence-electron chi connectivity index (χ3n) is 2.63. The van der Waals surface area contributed by atoms with E-state index in [4.69, 9.17) is 18.9 Å². The van der Waals surface area contributed by atoms with E-state index in [2.05, 4.69) is 0 Å². The summed E-state index contributed by atoms with van der Waals surface area (Å²) in [5.74, 6) is 1.22. The molecule has 1 N–H and O–H groups in total. The van der Waals surface area contributed by atoms with Crippen molar-refractivity contribution >= 4 is 0 Å². The standard InChI is InChI=1S/C14H22O5/c1-5-18-14(19-6-2)13(15)10-7-11(16-3)9-12(8-10)17-4/h7-9,13-15H,5-6H2,1-4H3. The molecule has 1 unspecified atom stereocenters. The molecule has 0 spiro atoms. The summed E-state index contributed by atoms with van der Waals surface area (Å²) in [6, 6.07) is 5.21. The largest absolute Gasteiger partial charge is 0.497 e. The number of methoxy groups -OCH3 is 2. The van der Waals surface area contributed by atoms with Gasteiger partial charge in [0.15, 0.2) is 6.29 Å². The van der Waals surface area contributed by atoms with E-state index < -0.39 is 12.4 Å². The van der Waals surface area contributed by atoms with Crippen molar-refractivity contribution in [1.82, 2.24) is 0 Å². The summed E-state index contributed by atoms with van der Waals surface area (Å²) in [6.07, 6.45) is -1.60. The van der Waals surface area contributed by atoms with Crippen LogP contribution in [-0.4, -0.2) is 38.8 Å². The summed E-state index contributed by atoms with van der Waals surface area (Å²) in [7, 11) is 3.13. The molecule has 0 aliphatic carbocycles. The molecule has 5 heteroatoms. The zero-order valence-corrected chi connectivity index (χ0v) is 11.9. The third kappa shape index (κ3) is 4.38. The van der Waals surface area contributed by atoms with Gasteiger partial charge >= 0.3 is 0 Å². The van der Waals surface area contributed by atoms with E-state index >= 15 is 0 Å². The maximum atomic E-state index is 10.3. The fourth-order valence-corrected chi connectivity index (χ4v) is 1.72. The van der Waals surface area contributed by atoms with Crippen LogP contribution in [0.4, 0.5) is 0 Å². The molecule has 1 rings (SSSR count). The van der Waals surface area contributed by atoms with Gasteiger partial charge in [0.25, 0.3) is 0 Å². The van der Waals surface area contributed by atoms with Gasteiger partial charge in [-0.05, 0) is 31.5 Å². The highest BCUT2D eigenvalue weighted by Crippen LogP contribution is 2.29. The molecule has 108 valence electrons. The van der Waals surface area contributed by atoms with Crippen molar-refractivity contribution in [3.63, 3.8) is 0 Å². The van der Waals surface area contributed by atoms with Crippen molar-refractivity contribution in [3.05, 3.63) is 23.8 Å². The first-order chi connectivity index (χ1) is 9.15. The quantitative estimate of drug-likeness (QED) is 0.733. The summed E-state index contributed by atoms with van der Waals surface area (Å²) in [6.45, 7) is 4.63. The molecule has 0 bridgehead atoms. The Hall–Kier alpha value is -1.30. The lowest BCUT2D eigenvalue weighted by atomic mass is 10.1. The molecule has 1 aromatic carbocycles. The van der Waals surface area contributed by atoms with Crippen molar-refractivity contribution in [2.45, 2.75) is 26.2 Å². The van der Waals surface area contributed by atoms with Crippen LogP contribution in [0.2, 0.25) is 0 Å². The monoisotopic (exact) mass is 270 g/mol. The zero-order valence-electron chi connectivity index (χ0n) is 11.9. The summed E-state index contributed by atoms with van der Waals surface area (Å²) in [5.41, 5.74) is 0.628. The summed E-state index contributed by atoms with van der Waals surface area (Å²) in [5, 5.41) is 10.3. The van der Waals surface area contributed by atoms with Gasteiger partial charge in [-0.15, -0.1) is 0 Å². The van der Waals surface area contributed by atoms with E-state index in [1.54, 1.807) is 32.4 Å². The maximum Gasteiger partial charge on any atom is 0.187 e. The van der Waals surface area contributed by atoms with Gasteiger partial charge in [0.05, 0.1) is 14.2 Å². The van der Waals surface area contributed by atoms with Crippen LogP contribution >= 0.6 is 0 Å². The minimum Gasteiger partial charge on any atom is -0.497 e. The smallest absolute Gasteiger partial charge is 0.187 e. The Morgan fingerprint density at radius 2 is 1.42 bits per heavy atom. The van der Waals surface area contributed by atoms with Crippen molar-refractivity contribution in [1.29, 1.82) is 0 Å². The Morgan fingerprint density at radius 1 is 0.947 bits per heavy atom. The van der Waals surface area contributed by atoms with Crippen LogP contribution in [0, 0.1) is 0 Å². The lowest BCUT2D eigenvalue weighted by Gasteiger charge is -2.23. The van der Waals surface area contributed by atoms with E-state index in [1.165, 1.54) is 0 Å². The Morgan fingerprint density at radius 3 is 1.79 bits per heavy atom. The van der Waals surface area contributed by atoms with Gasteiger partial charge in [0.2, 0.25) is 0 Å². The normalized spacial score (nSPS) is 12.5. The molecule has 0 aliphatic heterocycles. The Balaban J connectivity index is 2.97. The van der Waals surface area contributed by atoms with Crippen LogP contribution in [-0.2, 0) is 9.47 Å². The van der Waals surface area contributed by atoms with Gasteiger partial charge < -0.3 is 24.1 Å². The van der Waals surface area contributed by atoms with Gasteiger partial charge in [-0.25, -0.2) is 0 Å². The van der Waals surface area contributed by atoms with E-state index in [0.717, 1.165) is 0 Å². The molecule has 0 saturated heterocycles. The fraction of sp³-hybridized carbons (Fsp3) is 0.571. The zero-order chi connectivity index (χ0) is 14.3. The number of aliphatic hydroxyl groups excluding tert-OH is 1. The SMILES string of the molecule is CCOC(OCC)C(O)c1cc(OC)cc(OC)c1. The van der Waals surface area contributed by atoms with Crippen LogP contribution in [0.1, 0.15) is 25.5 Å². The third-order valence-corrected chi connectivity index (χ3v) is 2.63. The molecular formula is C14H22O5. The first-order valence-electron chi connectivity index (χ1n) is 6.30. The molecule has 19 heavy (non-hydrogen) atoms. The number of ether oxygens (including phenoxy) is 4. The van der Waals surface area contributed by atoms with Gasteiger partial charge in [-0.3, -0.25) is 0 Å². The van der Waals surface area contributed by atoms with Crippen molar-refractivity contribution < 1.29 is 24.1 Å². The second-order valence-electron chi connectivity index (χ2n) is 3.87. The highest BCUT2D eigenvalue weighted by molar-refractivity contribution is 5.39. The average Bonchev–Trinajstić information content (AvgIpc) is 2.45. The molecule has 1 aromatic rings. The number of aliphatic hydroxyl groups is 1. The van der Waals surface area contributed by atoms with Crippen LogP contribution in [0.15, 0.2) is 18.2 Å². The van der Waals surface area contributed by atoms with Crippen molar-refractivity contribution in [2.24, 2.45) is 0 Å². The van der Waals surface area contributed by atoms with Crippen LogP contribution < -0.4 is 9.47 Å². The van der Waals surface area contributed by atoms with E-state index in [-0.39, 0.29) is 0 Å². The number of benzene rings is 1. The Labute approximate surface area is 114 Å². The summed E-state index contributed by atoms with van der Waals surface area (Å²) < 4.78 is 21.1. The molecule has 0 aromatic heterocycles. The molecule has 0 radical (unpaired) electrons. The van der Waals surface area contributed by atoms with E-state index in [0.29, 0.717) is 30.3 Å². The molecule has 1 atom stereocenters. The second-order valence-corrected chi connectivity index (χ2v) is 3.87.